The van der Waals surface area contributed by atoms with Crippen molar-refractivity contribution in [3.05, 3.63) is 110 Å². The van der Waals surface area contributed by atoms with E-state index in [1.807, 2.05) is 30.3 Å². The van der Waals surface area contributed by atoms with Gasteiger partial charge < -0.3 is 13.3 Å². The van der Waals surface area contributed by atoms with E-state index in [1.165, 1.54) is 82.8 Å². The molecule has 0 spiro atoms. The summed E-state index contributed by atoms with van der Waals surface area (Å²) in [4.78, 5) is 22.5. The molecule has 0 bridgehead atoms. The van der Waals surface area contributed by atoms with Gasteiger partial charge in [-0.15, -0.1) is 0 Å². The first-order chi connectivity index (χ1) is 22.5. The molecule has 0 heterocycles. The molecule has 0 fully saturated rings. The van der Waals surface area contributed by atoms with Crippen molar-refractivity contribution in [1.82, 2.24) is 0 Å². The van der Waals surface area contributed by atoms with Crippen molar-refractivity contribution in [3.63, 3.8) is 0 Å². The molecule has 10 heteroatoms. The van der Waals surface area contributed by atoms with E-state index in [4.69, 9.17) is 13.3 Å². The summed E-state index contributed by atoms with van der Waals surface area (Å²) in [5.41, 5.74) is 0.692. The molecule has 9 nitrogen and oxygen atoms in total. The Kier molecular flexibility index (Phi) is 17.2. The van der Waals surface area contributed by atoms with Gasteiger partial charge in [0.2, 0.25) is 0 Å². The fourth-order valence-corrected chi connectivity index (χ4v) is 7.94. The number of para-hydroxylation sites is 2. The van der Waals surface area contributed by atoms with Crippen LogP contribution in [0.5, 0.6) is 0 Å². The molecule has 46 heavy (non-hydrogen) atoms. The number of hydrogen-bond donors (Lipinski definition) is 0. The third-order valence-electron chi connectivity index (χ3n) is 8.13. The van der Waals surface area contributed by atoms with Crippen molar-refractivity contribution in [2.75, 3.05) is 6.61 Å². The molecule has 0 saturated carbocycles. The Labute approximate surface area is 275 Å². The molecule has 0 unspecified atom stereocenters. The molecule has 3 aromatic carbocycles. The van der Waals surface area contributed by atoms with Crippen molar-refractivity contribution in [1.29, 1.82) is 0 Å². The monoisotopic (exact) mass is 650 g/mol. The average Bonchev–Trinajstić information content (AvgIpc) is 3.08. The average molecular weight is 651 g/mol. The lowest BCUT2D eigenvalue weighted by Crippen LogP contribution is -2.56. The highest BCUT2D eigenvalue weighted by Gasteiger charge is 2.45. The van der Waals surface area contributed by atoms with Gasteiger partial charge in [0.05, 0.1) is 34.2 Å². The van der Waals surface area contributed by atoms with Crippen LogP contribution >= 0.6 is 0 Å². The molecule has 3 aromatic rings. The zero-order valence-electron chi connectivity index (χ0n) is 27.3. The molecule has 0 aliphatic heterocycles. The predicted molar refractivity (Wildman–Crippen MR) is 184 cm³/mol. The molecular formula is C36H50N2O7Si. The number of nitro groups is 2. The Hall–Kier alpha value is -3.44. The normalized spacial score (nSPS) is 11.5. The highest BCUT2D eigenvalue weighted by molar-refractivity contribution is 6.75. The van der Waals surface area contributed by atoms with Crippen LogP contribution in [0.25, 0.3) is 0 Å². The molecule has 3 rings (SSSR count). The maximum atomic E-state index is 11.7. The minimum atomic E-state index is -3.70. The van der Waals surface area contributed by atoms with E-state index in [0.29, 0.717) is 22.9 Å². The second-order valence-corrected chi connectivity index (χ2v) is 14.3. The summed E-state index contributed by atoms with van der Waals surface area (Å²) in [6.07, 6.45) is 17.4. The first-order valence-electron chi connectivity index (χ1n) is 16.9. The Bertz CT molecular complexity index is 1250. The van der Waals surface area contributed by atoms with Crippen molar-refractivity contribution in [2.45, 2.75) is 110 Å². The third kappa shape index (κ3) is 12.7. The van der Waals surface area contributed by atoms with Gasteiger partial charge in [-0.1, -0.05) is 145 Å². The molecule has 0 aromatic heterocycles. The molecule has 250 valence electrons. The zero-order chi connectivity index (χ0) is 32.9. The van der Waals surface area contributed by atoms with Gasteiger partial charge in [0.1, 0.15) is 0 Å². The number of unbranched alkanes of at least 4 members (excludes halogenated alkanes) is 13. The van der Waals surface area contributed by atoms with Gasteiger partial charge in [-0.25, -0.2) is 0 Å². The van der Waals surface area contributed by atoms with Gasteiger partial charge in [-0.05, 0) is 18.6 Å². The van der Waals surface area contributed by atoms with Crippen LogP contribution in [0, 0.1) is 20.2 Å². The van der Waals surface area contributed by atoms with Crippen LogP contribution in [0.1, 0.15) is 108 Å². The summed E-state index contributed by atoms with van der Waals surface area (Å²) in [5, 5.41) is 24.1. The Morgan fingerprint density at radius 1 is 0.522 bits per heavy atom. The maximum Gasteiger partial charge on any atom is 0.537 e. The lowest BCUT2D eigenvalue weighted by Gasteiger charge is -2.30. The van der Waals surface area contributed by atoms with Gasteiger partial charge in [0.15, 0.2) is 0 Å². The highest BCUT2D eigenvalue weighted by Crippen LogP contribution is 2.25. The van der Waals surface area contributed by atoms with E-state index in [-0.39, 0.29) is 24.6 Å². The SMILES string of the molecule is CCCCCCCCCCCCCCCCO[Si](OCc1ccccc1[N+](=O)[O-])(OCc1ccccc1[N+](=O)[O-])c1ccccc1. The molecule has 0 N–H and O–H groups in total. The van der Waals surface area contributed by atoms with Crippen LogP contribution in [0.4, 0.5) is 11.4 Å². The third-order valence-corrected chi connectivity index (χ3v) is 10.8. The minimum Gasteiger partial charge on any atom is -0.370 e. The van der Waals surface area contributed by atoms with Crippen LogP contribution < -0.4 is 5.19 Å². The van der Waals surface area contributed by atoms with Crippen LogP contribution in [0.3, 0.4) is 0 Å². The second-order valence-electron chi connectivity index (χ2n) is 11.7. The summed E-state index contributed by atoms with van der Waals surface area (Å²) in [5.74, 6) is 0. The predicted octanol–water partition coefficient (Wildman–Crippen LogP) is 9.58. The van der Waals surface area contributed by atoms with Crippen LogP contribution in [0.15, 0.2) is 78.9 Å². The summed E-state index contributed by atoms with van der Waals surface area (Å²) in [6.45, 7) is 2.43. The van der Waals surface area contributed by atoms with Crippen LogP contribution in [-0.4, -0.2) is 25.3 Å². The van der Waals surface area contributed by atoms with E-state index in [0.717, 1.165) is 19.3 Å². The number of benzene rings is 3. The van der Waals surface area contributed by atoms with Gasteiger partial charge in [-0.3, -0.25) is 20.2 Å². The van der Waals surface area contributed by atoms with Crippen molar-refractivity contribution < 1.29 is 23.1 Å². The standard InChI is InChI=1S/C36H50N2O7Si/c1-2-3-4-5-6-7-8-9-10-11-12-13-14-22-29-43-46(34-25-16-15-17-26-34,44-30-32-23-18-20-27-35(32)37(39)40)45-31-33-24-19-21-28-36(33)38(41)42/h15-21,23-28H,2-14,22,29-31H2,1H3. The van der Waals surface area contributed by atoms with E-state index >= 15 is 0 Å². The number of nitro benzene ring substituents is 2. The van der Waals surface area contributed by atoms with Crippen molar-refractivity contribution in [2.24, 2.45) is 0 Å². The number of rotatable bonds is 25. The molecular weight excluding hydrogens is 600 g/mol. The maximum absolute atomic E-state index is 11.7. The molecule has 0 aliphatic carbocycles. The number of nitrogens with zero attached hydrogens (tertiary/aromatic N) is 2. The van der Waals surface area contributed by atoms with E-state index < -0.39 is 18.7 Å². The quantitative estimate of drug-likeness (QED) is 0.0388. The largest absolute Gasteiger partial charge is 0.537 e. The van der Waals surface area contributed by atoms with E-state index in [1.54, 1.807) is 36.4 Å². The van der Waals surface area contributed by atoms with Gasteiger partial charge in [-0.2, -0.15) is 0 Å². The fourth-order valence-electron chi connectivity index (χ4n) is 5.49. The molecule has 0 atom stereocenters. The Morgan fingerprint density at radius 2 is 0.913 bits per heavy atom. The first-order valence-corrected chi connectivity index (χ1v) is 18.6. The Balaban J connectivity index is 1.61. The molecule has 0 aliphatic rings. The molecule has 0 saturated heterocycles. The highest BCUT2D eigenvalue weighted by atomic mass is 28.4. The fraction of sp³-hybridized carbons (Fsp3) is 0.500. The zero-order valence-corrected chi connectivity index (χ0v) is 28.3. The first kappa shape index (κ1) is 37.0. The lowest BCUT2D eigenvalue weighted by molar-refractivity contribution is -0.385. The van der Waals surface area contributed by atoms with E-state index in [2.05, 4.69) is 6.92 Å². The summed E-state index contributed by atoms with van der Waals surface area (Å²) in [7, 11) is -3.70. The summed E-state index contributed by atoms with van der Waals surface area (Å²) in [6, 6.07) is 22.2. The Morgan fingerprint density at radius 3 is 1.35 bits per heavy atom. The molecule has 0 amide bonds. The molecule has 0 radical (unpaired) electrons. The second kappa shape index (κ2) is 21.4. The summed E-state index contributed by atoms with van der Waals surface area (Å²) < 4.78 is 19.4. The van der Waals surface area contributed by atoms with Crippen LogP contribution in [0.2, 0.25) is 0 Å². The minimum absolute atomic E-state index is 0.0517. The number of hydrogen-bond acceptors (Lipinski definition) is 7. The van der Waals surface area contributed by atoms with Gasteiger partial charge in [0.25, 0.3) is 11.4 Å². The topological polar surface area (TPSA) is 114 Å². The van der Waals surface area contributed by atoms with Crippen molar-refractivity contribution in [3.8, 4) is 0 Å². The van der Waals surface area contributed by atoms with Gasteiger partial charge >= 0.3 is 8.80 Å². The smallest absolute Gasteiger partial charge is 0.370 e. The van der Waals surface area contributed by atoms with E-state index in [9.17, 15) is 20.2 Å². The van der Waals surface area contributed by atoms with Crippen LogP contribution in [-0.2, 0) is 26.5 Å². The van der Waals surface area contributed by atoms with Crippen molar-refractivity contribution >= 4 is 25.4 Å². The van der Waals surface area contributed by atoms with Gasteiger partial charge in [0, 0.05) is 23.9 Å². The summed E-state index contributed by atoms with van der Waals surface area (Å²) >= 11 is 0. The lowest BCUT2D eigenvalue weighted by atomic mass is 10.0.